The third-order valence-electron chi connectivity index (χ3n) is 10.9. The fourth-order valence-corrected chi connectivity index (χ4v) is 6.93. The van der Waals surface area contributed by atoms with Crippen molar-refractivity contribution in [3.8, 4) is 0 Å². The molecule has 364 valence electrons. The van der Waals surface area contributed by atoms with Gasteiger partial charge in [-0.3, -0.25) is 14.4 Å². The first-order valence-electron chi connectivity index (χ1n) is 26.2. The molecule has 6 heteroatoms. The second-order valence-corrected chi connectivity index (χ2v) is 17.1. The summed E-state index contributed by atoms with van der Waals surface area (Å²) in [4.78, 5) is 37.5. The second-order valence-electron chi connectivity index (χ2n) is 17.1. The quantitative estimate of drug-likeness (QED) is 0.0262. The predicted octanol–water partition coefficient (Wildman–Crippen LogP) is 17.4. The Kier molecular flexibility index (Phi) is 49.0. The molecule has 0 aromatic heterocycles. The third kappa shape index (κ3) is 49.3. The number of allylic oxidation sites excluding steroid dienone is 16. The molecule has 0 saturated carbocycles. The van der Waals surface area contributed by atoms with Crippen molar-refractivity contribution in [2.24, 2.45) is 0 Å². The van der Waals surface area contributed by atoms with Gasteiger partial charge in [0.15, 0.2) is 6.10 Å². The Labute approximate surface area is 394 Å². The fraction of sp³-hybridized carbons (Fsp3) is 0.672. The number of hydrogen-bond acceptors (Lipinski definition) is 6. The van der Waals surface area contributed by atoms with Crippen molar-refractivity contribution in [2.75, 3.05) is 13.2 Å². The van der Waals surface area contributed by atoms with Gasteiger partial charge in [-0.25, -0.2) is 0 Å². The highest BCUT2D eigenvalue weighted by Gasteiger charge is 2.19. The van der Waals surface area contributed by atoms with Crippen molar-refractivity contribution in [2.45, 2.75) is 239 Å². The molecule has 0 aliphatic rings. The Balaban J connectivity index is 3.99. The SMILES string of the molecule is CC/C=C\C/C=C\C/C=C\C/C=C\C/C=C\C/C=C\C/C=C\C/C=C\CCCCCCCCCCC(=O)OCC(COC(=O)CCCCCCCC)OC(=O)CCCCCCCCC. The van der Waals surface area contributed by atoms with Crippen LogP contribution in [0.3, 0.4) is 0 Å². The van der Waals surface area contributed by atoms with E-state index < -0.39 is 6.10 Å². The summed E-state index contributed by atoms with van der Waals surface area (Å²) in [6.07, 6.45) is 68.8. The zero-order valence-corrected chi connectivity index (χ0v) is 41.5. The lowest BCUT2D eigenvalue weighted by Crippen LogP contribution is -2.30. The molecule has 0 spiro atoms. The van der Waals surface area contributed by atoms with Gasteiger partial charge in [0.1, 0.15) is 13.2 Å². The molecule has 0 aliphatic heterocycles. The van der Waals surface area contributed by atoms with Crippen LogP contribution in [0.4, 0.5) is 0 Å². The molecule has 0 aromatic rings. The fourth-order valence-electron chi connectivity index (χ4n) is 6.93. The number of carbonyl (C=O) groups is 3. The van der Waals surface area contributed by atoms with Crippen LogP contribution in [0.25, 0.3) is 0 Å². The molecule has 0 aliphatic carbocycles. The molecule has 0 saturated heterocycles. The van der Waals surface area contributed by atoms with Gasteiger partial charge in [0.05, 0.1) is 0 Å². The van der Waals surface area contributed by atoms with Gasteiger partial charge in [0.2, 0.25) is 0 Å². The van der Waals surface area contributed by atoms with Crippen molar-refractivity contribution < 1.29 is 28.6 Å². The number of hydrogen-bond donors (Lipinski definition) is 0. The summed E-state index contributed by atoms with van der Waals surface area (Å²) in [5, 5.41) is 0. The van der Waals surface area contributed by atoms with Gasteiger partial charge in [-0.15, -0.1) is 0 Å². The average molecular weight is 889 g/mol. The summed E-state index contributed by atoms with van der Waals surface area (Å²) in [7, 11) is 0. The lowest BCUT2D eigenvalue weighted by Gasteiger charge is -2.18. The Bertz CT molecular complexity index is 1300. The largest absolute Gasteiger partial charge is 0.462 e. The molecule has 0 amide bonds. The van der Waals surface area contributed by atoms with E-state index in [1.54, 1.807) is 0 Å². The summed E-state index contributed by atoms with van der Waals surface area (Å²) < 4.78 is 16.6. The smallest absolute Gasteiger partial charge is 0.306 e. The minimum Gasteiger partial charge on any atom is -0.462 e. The highest BCUT2D eigenvalue weighted by Crippen LogP contribution is 2.14. The summed E-state index contributed by atoms with van der Waals surface area (Å²) in [5.74, 6) is -0.909. The van der Waals surface area contributed by atoms with Crippen LogP contribution < -0.4 is 0 Å². The molecule has 0 fully saturated rings. The van der Waals surface area contributed by atoms with Crippen molar-refractivity contribution in [1.82, 2.24) is 0 Å². The summed E-state index contributed by atoms with van der Waals surface area (Å²) in [5.41, 5.74) is 0. The zero-order chi connectivity index (χ0) is 46.5. The Morgan fingerprint density at radius 3 is 0.953 bits per heavy atom. The van der Waals surface area contributed by atoms with Crippen molar-refractivity contribution in [1.29, 1.82) is 0 Å². The number of unbranched alkanes of at least 4 members (excludes halogenated alkanes) is 19. The molecule has 0 radical (unpaired) electrons. The van der Waals surface area contributed by atoms with Crippen LogP contribution in [0.2, 0.25) is 0 Å². The molecule has 6 nitrogen and oxygen atoms in total. The molecule has 0 heterocycles. The Hall–Kier alpha value is -3.67. The van der Waals surface area contributed by atoms with E-state index in [1.807, 2.05) is 0 Å². The lowest BCUT2D eigenvalue weighted by atomic mass is 10.1. The van der Waals surface area contributed by atoms with E-state index in [1.165, 1.54) is 77.0 Å². The van der Waals surface area contributed by atoms with E-state index in [2.05, 4.69) is 118 Å². The number of rotatable bonds is 46. The van der Waals surface area contributed by atoms with Crippen LogP contribution in [0.15, 0.2) is 97.2 Å². The Morgan fingerprint density at radius 1 is 0.328 bits per heavy atom. The normalized spacial score (nSPS) is 12.9. The van der Waals surface area contributed by atoms with Gasteiger partial charge < -0.3 is 14.2 Å². The zero-order valence-electron chi connectivity index (χ0n) is 41.5. The van der Waals surface area contributed by atoms with Crippen LogP contribution in [0.5, 0.6) is 0 Å². The first-order chi connectivity index (χ1) is 31.5. The molecule has 0 bridgehead atoms. The van der Waals surface area contributed by atoms with Crippen LogP contribution in [0, 0.1) is 0 Å². The first kappa shape index (κ1) is 60.3. The minimum absolute atomic E-state index is 0.0787. The van der Waals surface area contributed by atoms with E-state index in [0.717, 1.165) is 116 Å². The van der Waals surface area contributed by atoms with E-state index in [9.17, 15) is 14.4 Å². The average Bonchev–Trinajstić information content (AvgIpc) is 3.29. The standard InChI is InChI=1S/C58H96O6/c1-4-7-10-13-16-17-18-19-20-21-22-23-24-25-26-27-28-29-30-31-32-33-34-35-36-37-38-39-40-41-43-45-48-51-57(60)63-54-55(53-62-56(59)50-47-44-15-12-9-6-3)64-58(61)52-49-46-42-14-11-8-5-2/h7,10,16-17,19-20,22-23,25-26,28-29,31-32,34-35,55H,4-6,8-9,11-15,18,21,24,27,30,33,36-54H2,1-3H3/b10-7-,17-16-,20-19-,23-22-,26-25-,29-28-,32-31-,35-34-. The number of carbonyl (C=O) groups excluding carboxylic acids is 3. The van der Waals surface area contributed by atoms with Crippen molar-refractivity contribution in [3.05, 3.63) is 97.2 Å². The third-order valence-corrected chi connectivity index (χ3v) is 10.9. The first-order valence-corrected chi connectivity index (χ1v) is 26.2. The second kappa shape index (κ2) is 52.0. The molecule has 0 N–H and O–H groups in total. The topological polar surface area (TPSA) is 78.9 Å². The van der Waals surface area contributed by atoms with Crippen LogP contribution in [0.1, 0.15) is 233 Å². The molecular weight excluding hydrogens is 793 g/mol. The van der Waals surface area contributed by atoms with E-state index in [0.29, 0.717) is 19.3 Å². The molecule has 0 aromatic carbocycles. The molecule has 0 rings (SSSR count). The summed E-state index contributed by atoms with van der Waals surface area (Å²) in [6, 6.07) is 0. The molecular formula is C58H96O6. The molecule has 1 unspecified atom stereocenters. The van der Waals surface area contributed by atoms with Gasteiger partial charge in [-0.1, -0.05) is 227 Å². The highest BCUT2D eigenvalue weighted by molar-refractivity contribution is 5.71. The van der Waals surface area contributed by atoms with Gasteiger partial charge in [0.25, 0.3) is 0 Å². The highest BCUT2D eigenvalue weighted by atomic mass is 16.6. The molecule has 1 atom stereocenters. The van der Waals surface area contributed by atoms with E-state index in [4.69, 9.17) is 14.2 Å². The molecule has 64 heavy (non-hydrogen) atoms. The number of ether oxygens (including phenoxy) is 3. The van der Waals surface area contributed by atoms with Crippen LogP contribution in [-0.2, 0) is 28.6 Å². The van der Waals surface area contributed by atoms with Crippen molar-refractivity contribution in [3.63, 3.8) is 0 Å². The van der Waals surface area contributed by atoms with Gasteiger partial charge in [-0.05, 0) is 83.5 Å². The van der Waals surface area contributed by atoms with Crippen LogP contribution in [-0.4, -0.2) is 37.2 Å². The van der Waals surface area contributed by atoms with Crippen molar-refractivity contribution >= 4 is 17.9 Å². The van der Waals surface area contributed by atoms with Crippen LogP contribution >= 0.6 is 0 Å². The maximum absolute atomic E-state index is 12.6. The van der Waals surface area contributed by atoms with Gasteiger partial charge in [-0.2, -0.15) is 0 Å². The van der Waals surface area contributed by atoms with E-state index >= 15 is 0 Å². The lowest BCUT2D eigenvalue weighted by molar-refractivity contribution is -0.167. The van der Waals surface area contributed by atoms with Gasteiger partial charge >= 0.3 is 17.9 Å². The van der Waals surface area contributed by atoms with E-state index in [-0.39, 0.29) is 31.1 Å². The minimum atomic E-state index is -0.772. The maximum Gasteiger partial charge on any atom is 0.306 e. The predicted molar refractivity (Wildman–Crippen MR) is 274 cm³/mol. The Morgan fingerprint density at radius 2 is 0.609 bits per heavy atom. The summed E-state index contributed by atoms with van der Waals surface area (Å²) in [6.45, 7) is 6.39. The van der Waals surface area contributed by atoms with Gasteiger partial charge in [0, 0.05) is 19.3 Å². The summed E-state index contributed by atoms with van der Waals surface area (Å²) >= 11 is 0. The monoisotopic (exact) mass is 889 g/mol. The maximum atomic E-state index is 12.6. The number of esters is 3.